The number of piperidine rings is 1. The third kappa shape index (κ3) is 5.24. The highest BCUT2D eigenvalue weighted by Crippen LogP contribution is 2.30. The first-order valence-corrected chi connectivity index (χ1v) is 11.8. The molecule has 1 aliphatic rings. The van der Waals surface area contributed by atoms with E-state index in [4.69, 9.17) is 5.73 Å². The van der Waals surface area contributed by atoms with Gasteiger partial charge in [-0.2, -0.15) is 0 Å². The maximum atomic E-state index is 14.6. The van der Waals surface area contributed by atoms with E-state index in [-0.39, 0.29) is 23.5 Å². The Morgan fingerprint density at radius 1 is 1.15 bits per heavy atom. The van der Waals surface area contributed by atoms with Crippen LogP contribution in [0.2, 0.25) is 0 Å². The van der Waals surface area contributed by atoms with E-state index >= 15 is 0 Å². The van der Waals surface area contributed by atoms with Gasteiger partial charge < -0.3 is 10.6 Å². The number of halogens is 1. The summed E-state index contributed by atoms with van der Waals surface area (Å²) in [6, 6.07) is 16.2. The fourth-order valence-corrected chi connectivity index (χ4v) is 4.93. The summed E-state index contributed by atoms with van der Waals surface area (Å²) in [6.45, 7) is 3.19. The van der Waals surface area contributed by atoms with Crippen molar-refractivity contribution in [3.63, 3.8) is 0 Å². The molecule has 9 heteroatoms. The summed E-state index contributed by atoms with van der Waals surface area (Å²) in [5.41, 5.74) is 6.82. The van der Waals surface area contributed by atoms with Crippen LogP contribution < -0.4 is 5.73 Å². The maximum absolute atomic E-state index is 14.6. The Hall–Kier alpha value is -3.20. The van der Waals surface area contributed by atoms with Gasteiger partial charge in [-0.15, -0.1) is 10.2 Å². The van der Waals surface area contributed by atoms with Crippen LogP contribution in [0.5, 0.6) is 0 Å². The highest BCUT2D eigenvalue weighted by atomic mass is 32.2. The zero-order chi connectivity index (χ0) is 23.4. The van der Waals surface area contributed by atoms with Gasteiger partial charge in [-0.3, -0.25) is 14.2 Å². The largest absolute Gasteiger partial charge is 0.369 e. The Labute approximate surface area is 196 Å². The van der Waals surface area contributed by atoms with Crippen molar-refractivity contribution < 1.29 is 14.0 Å². The van der Waals surface area contributed by atoms with Gasteiger partial charge in [-0.1, -0.05) is 54.2 Å². The number of likely N-dealkylation sites (tertiary alicyclic amines) is 1. The summed E-state index contributed by atoms with van der Waals surface area (Å²) in [4.78, 5) is 26.4. The highest BCUT2D eigenvalue weighted by Gasteiger charge is 2.31. The number of primary amides is 1. The van der Waals surface area contributed by atoms with Gasteiger partial charge >= 0.3 is 0 Å². The van der Waals surface area contributed by atoms with E-state index < -0.39 is 5.25 Å². The third-order valence-corrected chi connectivity index (χ3v) is 6.85. The van der Waals surface area contributed by atoms with E-state index in [1.165, 1.54) is 17.8 Å². The number of nitrogens with zero attached hydrogens (tertiary/aromatic N) is 4. The first kappa shape index (κ1) is 23.0. The molecule has 4 rings (SSSR count). The number of thioether (sulfide) groups is 1. The van der Waals surface area contributed by atoms with Crippen molar-refractivity contribution in [2.45, 2.75) is 36.7 Å². The van der Waals surface area contributed by atoms with Crippen LogP contribution in [0.4, 0.5) is 4.39 Å². The molecule has 1 aromatic heterocycles. The number of nitrogens with two attached hydrogens (primary N) is 1. The van der Waals surface area contributed by atoms with Gasteiger partial charge in [0, 0.05) is 13.1 Å². The monoisotopic (exact) mass is 467 g/mol. The molecule has 0 radical (unpaired) electrons. The minimum Gasteiger partial charge on any atom is -0.369 e. The fraction of sp³-hybridized carbons (Fsp3) is 0.333. The lowest BCUT2D eigenvalue weighted by Crippen LogP contribution is -2.46. The predicted molar refractivity (Wildman–Crippen MR) is 125 cm³/mol. The Balaban J connectivity index is 1.60. The molecular weight excluding hydrogens is 441 g/mol. The van der Waals surface area contributed by atoms with Crippen LogP contribution in [-0.4, -0.2) is 49.8 Å². The van der Waals surface area contributed by atoms with Crippen molar-refractivity contribution >= 4 is 23.6 Å². The van der Waals surface area contributed by atoms with Gasteiger partial charge in [0.1, 0.15) is 5.82 Å². The number of aromatic nitrogens is 3. The molecule has 2 amide bonds. The lowest BCUT2D eigenvalue weighted by atomic mass is 9.97. The van der Waals surface area contributed by atoms with E-state index in [2.05, 4.69) is 10.2 Å². The molecule has 0 aliphatic carbocycles. The first-order valence-electron chi connectivity index (χ1n) is 10.9. The molecule has 2 atom stereocenters. The van der Waals surface area contributed by atoms with E-state index in [1.54, 1.807) is 23.1 Å². The molecule has 7 nitrogen and oxygen atoms in total. The van der Waals surface area contributed by atoms with Crippen molar-refractivity contribution in [1.29, 1.82) is 0 Å². The van der Waals surface area contributed by atoms with Crippen molar-refractivity contribution in [1.82, 2.24) is 19.7 Å². The molecule has 1 aliphatic heterocycles. The second kappa shape index (κ2) is 10.2. The van der Waals surface area contributed by atoms with E-state index in [9.17, 15) is 14.0 Å². The average Bonchev–Trinajstić information content (AvgIpc) is 3.21. The molecule has 172 valence electrons. The van der Waals surface area contributed by atoms with Gasteiger partial charge in [-0.25, -0.2) is 4.39 Å². The molecular formula is C24H26FN5O2S. The van der Waals surface area contributed by atoms with Crippen LogP contribution in [0, 0.1) is 11.7 Å². The number of carbonyl (C=O) groups excluding carboxylic acids is 2. The fourth-order valence-electron chi connectivity index (χ4n) is 4.00. The summed E-state index contributed by atoms with van der Waals surface area (Å²) < 4.78 is 16.4. The number of carbonyl (C=O) groups is 2. The molecule has 33 heavy (non-hydrogen) atoms. The van der Waals surface area contributed by atoms with Crippen LogP contribution in [0.3, 0.4) is 0 Å². The van der Waals surface area contributed by atoms with Gasteiger partial charge in [0.15, 0.2) is 11.0 Å². The number of benzene rings is 2. The molecule has 0 bridgehead atoms. The van der Waals surface area contributed by atoms with Crippen LogP contribution in [0.15, 0.2) is 59.8 Å². The van der Waals surface area contributed by atoms with E-state index in [0.29, 0.717) is 42.6 Å². The standard InChI is InChI=1S/C24H26FN5O2S/c1-16(23(32)29-13-7-10-18(15-29)21(26)31)33-24-28-27-22(19-11-5-6-12-20(19)25)30(24)14-17-8-3-2-4-9-17/h2-6,8-9,11-12,16,18H,7,10,13-15H2,1H3,(H2,26,31). The normalized spacial score (nSPS) is 17.0. The SMILES string of the molecule is CC(Sc1nnc(-c2ccccc2F)n1Cc1ccccc1)C(=O)N1CCCC(C(N)=O)C1. The molecule has 1 fully saturated rings. The Bertz CT molecular complexity index is 1140. The Morgan fingerprint density at radius 3 is 2.61 bits per heavy atom. The zero-order valence-electron chi connectivity index (χ0n) is 18.4. The second-order valence-corrected chi connectivity index (χ2v) is 9.45. The van der Waals surface area contributed by atoms with Gasteiger partial charge in [0.25, 0.3) is 0 Å². The molecule has 2 N–H and O–H groups in total. The summed E-state index contributed by atoms with van der Waals surface area (Å²) in [7, 11) is 0. The molecule has 0 saturated carbocycles. The van der Waals surface area contributed by atoms with Gasteiger partial charge in [-0.05, 0) is 37.5 Å². The van der Waals surface area contributed by atoms with Crippen molar-refractivity contribution in [2.75, 3.05) is 13.1 Å². The minimum absolute atomic E-state index is 0.0762. The number of hydrogen-bond acceptors (Lipinski definition) is 5. The Kier molecular flexibility index (Phi) is 7.08. The minimum atomic E-state index is -0.455. The van der Waals surface area contributed by atoms with Crippen molar-refractivity contribution in [3.8, 4) is 11.4 Å². The van der Waals surface area contributed by atoms with Crippen LogP contribution >= 0.6 is 11.8 Å². The molecule has 2 unspecified atom stereocenters. The first-order chi connectivity index (χ1) is 15.9. The molecule has 2 aromatic carbocycles. The molecule has 1 saturated heterocycles. The lowest BCUT2D eigenvalue weighted by Gasteiger charge is -2.32. The van der Waals surface area contributed by atoms with Gasteiger partial charge in [0.2, 0.25) is 11.8 Å². The van der Waals surface area contributed by atoms with Crippen LogP contribution in [-0.2, 0) is 16.1 Å². The smallest absolute Gasteiger partial charge is 0.235 e. The van der Waals surface area contributed by atoms with Crippen LogP contribution in [0.25, 0.3) is 11.4 Å². The molecule has 3 aromatic rings. The zero-order valence-corrected chi connectivity index (χ0v) is 19.2. The van der Waals surface area contributed by atoms with Crippen molar-refractivity contribution in [2.24, 2.45) is 11.7 Å². The predicted octanol–water partition coefficient (Wildman–Crippen LogP) is 3.34. The van der Waals surface area contributed by atoms with Gasteiger partial charge in [0.05, 0.1) is 23.3 Å². The van der Waals surface area contributed by atoms with E-state index in [1.807, 2.05) is 41.8 Å². The maximum Gasteiger partial charge on any atom is 0.235 e. The summed E-state index contributed by atoms with van der Waals surface area (Å²) >= 11 is 1.28. The second-order valence-electron chi connectivity index (χ2n) is 8.14. The number of hydrogen-bond donors (Lipinski definition) is 1. The quantitative estimate of drug-likeness (QED) is 0.538. The molecule has 0 spiro atoms. The highest BCUT2D eigenvalue weighted by molar-refractivity contribution is 8.00. The third-order valence-electron chi connectivity index (χ3n) is 5.78. The summed E-state index contributed by atoms with van der Waals surface area (Å²) in [5, 5.41) is 8.65. The lowest BCUT2D eigenvalue weighted by molar-refractivity contribution is -0.134. The summed E-state index contributed by atoms with van der Waals surface area (Å²) in [5.74, 6) is -0.733. The topological polar surface area (TPSA) is 94.1 Å². The van der Waals surface area contributed by atoms with Crippen LogP contribution in [0.1, 0.15) is 25.3 Å². The van der Waals surface area contributed by atoms with Crippen molar-refractivity contribution in [3.05, 3.63) is 66.0 Å². The number of amides is 2. The summed E-state index contributed by atoms with van der Waals surface area (Å²) in [6.07, 6.45) is 1.45. The Morgan fingerprint density at radius 2 is 1.88 bits per heavy atom. The van der Waals surface area contributed by atoms with E-state index in [0.717, 1.165) is 12.0 Å². The number of rotatable bonds is 7. The average molecular weight is 468 g/mol. The molecule has 2 heterocycles.